The van der Waals surface area contributed by atoms with Crippen molar-refractivity contribution < 1.29 is 9.32 Å². The van der Waals surface area contributed by atoms with Gasteiger partial charge in [-0.1, -0.05) is 48.5 Å². The van der Waals surface area contributed by atoms with E-state index in [2.05, 4.69) is 47.4 Å². The van der Waals surface area contributed by atoms with Gasteiger partial charge in [-0.3, -0.25) is 9.69 Å². The van der Waals surface area contributed by atoms with Crippen LogP contribution in [0.3, 0.4) is 0 Å². The Morgan fingerprint density at radius 3 is 2.67 bits per heavy atom. The van der Waals surface area contributed by atoms with Crippen LogP contribution < -0.4 is 5.32 Å². The normalized spacial score (nSPS) is 13.4. The summed E-state index contributed by atoms with van der Waals surface area (Å²) in [6, 6.07) is 16.3. The number of nitrogens with zero attached hydrogens (tertiary/aromatic N) is 4. The summed E-state index contributed by atoms with van der Waals surface area (Å²) < 4.78 is 5.40. The second-order valence-corrected chi connectivity index (χ2v) is 9.40. The van der Waals surface area contributed by atoms with Gasteiger partial charge in [0.15, 0.2) is 5.82 Å². The minimum Gasteiger partial charge on any atom is -0.361 e. The number of aromatic nitrogens is 3. The highest BCUT2D eigenvalue weighted by molar-refractivity contribution is 5.92. The summed E-state index contributed by atoms with van der Waals surface area (Å²) in [5.74, 6) is 1.34. The summed E-state index contributed by atoms with van der Waals surface area (Å²) in [5, 5.41) is 7.16. The van der Waals surface area contributed by atoms with Crippen LogP contribution in [0.15, 0.2) is 53.1 Å². The Morgan fingerprint density at radius 1 is 1.08 bits per heavy atom. The van der Waals surface area contributed by atoms with Gasteiger partial charge in [0, 0.05) is 36.3 Å². The number of amides is 1. The molecule has 0 atom stereocenters. The lowest BCUT2D eigenvalue weighted by molar-refractivity contribution is -0.117. The Kier molecular flexibility index (Phi) is 6.65. The molecule has 1 aliphatic heterocycles. The van der Waals surface area contributed by atoms with Gasteiger partial charge in [0.05, 0.1) is 29.2 Å². The summed E-state index contributed by atoms with van der Waals surface area (Å²) in [6.07, 6.45) is 1.68. The molecule has 4 aromatic rings. The molecule has 0 bridgehead atoms. The van der Waals surface area contributed by atoms with E-state index in [9.17, 15) is 4.79 Å². The standard InChI is InChI=1S/C29H31N5O2/c1-5-21-10-8-11-22(15-21)30-26(35)17-34-14-13-25-24(16-34)28(23-12-7-6-9-18(23)2)32-29(31-25)27-19(3)33-36-20(27)4/h6-12,15H,5,13-14,16-17H2,1-4H3,(H,30,35). The number of benzene rings is 2. The van der Waals surface area contributed by atoms with E-state index in [1.807, 2.05) is 44.2 Å². The van der Waals surface area contributed by atoms with Gasteiger partial charge in [-0.25, -0.2) is 9.97 Å². The molecule has 0 saturated heterocycles. The van der Waals surface area contributed by atoms with E-state index in [-0.39, 0.29) is 5.91 Å². The lowest BCUT2D eigenvalue weighted by Crippen LogP contribution is -2.38. The molecule has 7 nitrogen and oxygen atoms in total. The van der Waals surface area contributed by atoms with Crippen LogP contribution in [0.4, 0.5) is 5.69 Å². The zero-order chi connectivity index (χ0) is 25.2. The summed E-state index contributed by atoms with van der Waals surface area (Å²) in [4.78, 5) is 25.1. The second kappa shape index (κ2) is 10.0. The van der Waals surface area contributed by atoms with Gasteiger partial charge >= 0.3 is 0 Å². The van der Waals surface area contributed by atoms with Crippen molar-refractivity contribution in [3.8, 4) is 22.6 Å². The van der Waals surface area contributed by atoms with Crippen LogP contribution in [-0.2, 0) is 24.2 Å². The number of rotatable bonds is 6. The molecule has 1 N–H and O–H groups in total. The van der Waals surface area contributed by atoms with Crippen molar-refractivity contribution in [3.63, 3.8) is 0 Å². The molecule has 0 spiro atoms. The van der Waals surface area contributed by atoms with E-state index in [0.717, 1.165) is 64.4 Å². The number of nitrogens with one attached hydrogen (secondary N) is 1. The van der Waals surface area contributed by atoms with E-state index in [0.29, 0.717) is 24.7 Å². The number of anilines is 1. The van der Waals surface area contributed by atoms with Gasteiger partial charge in [-0.2, -0.15) is 0 Å². The Morgan fingerprint density at radius 2 is 1.92 bits per heavy atom. The zero-order valence-electron chi connectivity index (χ0n) is 21.3. The molecular formula is C29H31N5O2. The van der Waals surface area contributed by atoms with Gasteiger partial charge in [-0.15, -0.1) is 0 Å². The van der Waals surface area contributed by atoms with Gasteiger partial charge in [-0.05, 0) is 50.5 Å². The summed E-state index contributed by atoms with van der Waals surface area (Å²) in [7, 11) is 0. The molecule has 184 valence electrons. The average molecular weight is 482 g/mol. The number of hydrogen-bond acceptors (Lipinski definition) is 6. The number of carbonyl (C=O) groups is 1. The molecule has 0 saturated carbocycles. The molecule has 2 aromatic carbocycles. The molecule has 1 amide bonds. The van der Waals surface area contributed by atoms with Crippen LogP contribution in [-0.4, -0.2) is 39.0 Å². The highest BCUT2D eigenvalue weighted by atomic mass is 16.5. The lowest BCUT2D eigenvalue weighted by atomic mass is 9.96. The van der Waals surface area contributed by atoms with Crippen molar-refractivity contribution >= 4 is 11.6 Å². The molecule has 0 radical (unpaired) electrons. The van der Waals surface area contributed by atoms with Crippen molar-refractivity contribution in [2.75, 3.05) is 18.4 Å². The zero-order valence-corrected chi connectivity index (χ0v) is 21.3. The van der Waals surface area contributed by atoms with Crippen LogP contribution in [0.2, 0.25) is 0 Å². The van der Waals surface area contributed by atoms with Crippen molar-refractivity contribution in [2.45, 2.75) is 47.1 Å². The van der Waals surface area contributed by atoms with Gasteiger partial charge in [0.25, 0.3) is 0 Å². The molecule has 0 unspecified atom stereocenters. The first-order chi connectivity index (χ1) is 17.4. The van der Waals surface area contributed by atoms with Crippen LogP contribution in [0.25, 0.3) is 22.6 Å². The molecule has 0 fully saturated rings. The average Bonchev–Trinajstić information content (AvgIpc) is 3.21. The van der Waals surface area contributed by atoms with Crippen molar-refractivity contribution in [2.24, 2.45) is 0 Å². The number of hydrogen-bond donors (Lipinski definition) is 1. The van der Waals surface area contributed by atoms with Crippen molar-refractivity contribution in [1.29, 1.82) is 0 Å². The minimum absolute atomic E-state index is 0.0163. The maximum atomic E-state index is 12.9. The topological polar surface area (TPSA) is 84.2 Å². The fourth-order valence-electron chi connectivity index (χ4n) is 4.85. The second-order valence-electron chi connectivity index (χ2n) is 9.40. The van der Waals surface area contributed by atoms with E-state index in [4.69, 9.17) is 14.5 Å². The van der Waals surface area contributed by atoms with E-state index in [1.54, 1.807) is 0 Å². The SMILES string of the molecule is CCc1cccc(NC(=O)CN2CCc3nc(-c4c(C)noc4C)nc(-c4ccccc4C)c3C2)c1. The third-order valence-corrected chi connectivity index (χ3v) is 6.78. The van der Waals surface area contributed by atoms with Crippen LogP contribution in [0.1, 0.15) is 40.8 Å². The smallest absolute Gasteiger partial charge is 0.238 e. The quantitative estimate of drug-likeness (QED) is 0.403. The maximum absolute atomic E-state index is 12.9. The Hall–Kier alpha value is -3.84. The monoisotopic (exact) mass is 481 g/mol. The Labute approximate surface area is 211 Å². The van der Waals surface area contributed by atoms with E-state index < -0.39 is 0 Å². The largest absolute Gasteiger partial charge is 0.361 e. The molecule has 2 aromatic heterocycles. The van der Waals surface area contributed by atoms with Gasteiger partial charge < -0.3 is 9.84 Å². The third-order valence-electron chi connectivity index (χ3n) is 6.78. The van der Waals surface area contributed by atoms with Gasteiger partial charge in [0.2, 0.25) is 5.91 Å². The number of fused-ring (bicyclic) bond motifs is 1. The maximum Gasteiger partial charge on any atom is 0.238 e. The predicted octanol–water partition coefficient (Wildman–Crippen LogP) is 5.28. The molecule has 0 aliphatic carbocycles. The first-order valence-electron chi connectivity index (χ1n) is 12.4. The molecule has 3 heterocycles. The lowest BCUT2D eigenvalue weighted by Gasteiger charge is -2.29. The summed E-state index contributed by atoms with van der Waals surface area (Å²) in [6.45, 7) is 9.69. The summed E-state index contributed by atoms with van der Waals surface area (Å²) >= 11 is 0. The third kappa shape index (κ3) is 4.79. The fraction of sp³-hybridized carbons (Fsp3) is 0.310. The highest BCUT2D eigenvalue weighted by Gasteiger charge is 2.27. The molecule has 5 rings (SSSR count). The molecular weight excluding hydrogens is 450 g/mol. The molecule has 36 heavy (non-hydrogen) atoms. The van der Waals surface area contributed by atoms with Crippen molar-refractivity contribution in [1.82, 2.24) is 20.0 Å². The fourth-order valence-corrected chi connectivity index (χ4v) is 4.85. The van der Waals surface area contributed by atoms with Gasteiger partial charge in [0.1, 0.15) is 5.76 Å². The first kappa shape index (κ1) is 23.9. The summed E-state index contributed by atoms with van der Waals surface area (Å²) in [5.41, 5.74) is 8.90. The van der Waals surface area contributed by atoms with Crippen LogP contribution >= 0.6 is 0 Å². The minimum atomic E-state index is -0.0163. The Bertz CT molecular complexity index is 1410. The number of carbonyl (C=O) groups excluding carboxylic acids is 1. The Balaban J connectivity index is 1.45. The molecule has 1 aliphatic rings. The van der Waals surface area contributed by atoms with Crippen molar-refractivity contribution in [3.05, 3.63) is 82.4 Å². The van der Waals surface area contributed by atoms with Crippen LogP contribution in [0, 0.1) is 20.8 Å². The highest BCUT2D eigenvalue weighted by Crippen LogP contribution is 2.34. The first-order valence-corrected chi connectivity index (χ1v) is 12.4. The predicted molar refractivity (Wildman–Crippen MR) is 141 cm³/mol. The number of aryl methyl sites for hydroxylation is 4. The van der Waals surface area contributed by atoms with E-state index >= 15 is 0 Å². The molecule has 7 heteroatoms. The van der Waals surface area contributed by atoms with E-state index in [1.165, 1.54) is 5.56 Å². The van der Waals surface area contributed by atoms with Crippen LogP contribution in [0.5, 0.6) is 0 Å².